The molecule has 0 radical (unpaired) electrons. The molecule has 2 heteroatoms. The van der Waals surface area contributed by atoms with Crippen LogP contribution in [-0.2, 0) is 0 Å². The van der Waals surface area contributed by atoms with Crippen molar-refractivity contribution in [3.05, 3.63) is 0 Å². The summed E-state index contributed by atoms with van der Waals surface area (Å²) in [5.74, 6) is 0.431. The Labute approximate surface area is 72.0 Å². The summed E-state index contributed by atoms with van der Waals surface area (Å²) in [5.41, 5.74) is 0. The average Bonchev–Trinajstić information content (AvgIpc) is 1.85. The van der Waals surface area contributed by atoms with Gasteiger partial charge in [-0.25, -0.2) is 0 Å². The van der Waals surface area contributed by atoms with E-state index >= 15 is 0 Å². The number of aliphatic hydroxyl groups is 1. The lowest BCUT2D eigenvalue weighted by Gasteiger charge is -2.17. The predicted molar refractivity (Wildman–Crippen MR) is 48.5 cm³/mol. The first-order chi connectivity index (χ1) is 4.57. The molecule has 0 aliphatic heterocycles. The topological polar surface area (TPSA) is 20.2 Å². The summed E-state index contributed by atoms with van der Waals surface area (Å²) >= 11 is 3.41. The van der Waals surface area contributed by atoms with Crippen LogP contribution in [0.5, 0.6) is 0 Å². The molecule has 0 bridgehead atoms. The van der Waals surface area contributed by atoms with E-state index in [0.29, 0.717) is 10.7 Å². The van der Waals surface area contributed by atoms with Gasteiger partial charge in [-0.2, -0.15) is 0 Å². The maximum absolute atomic E-state index is 9.46. The van der Waals surface area contributed by atoms with Crippen molar-refractivity contribution in [1.82, 2.24) is 0 Å². The molecule has 0 aromatic carbocycles. The number of rotatable bonds is 4. The number of aliphatic hydroxyl groups excluding tert-OH is 1. The second-order valence-electron chi connectivity index (χ2n) is 2.97. The monoisotopic (exact) mass is 208 g/mol. The van der Waals surface area contributed by atoms with E-state index in [1.165, 1.54) is 0 Å². The van der Waals surface area contributed by atoms with Gasteiger partial charge in [0, 0.05) is 4.83 Å². The van der Waals surface area contributed by atoms with Crippen LogP contribution in [0, 0.1) is 5.92 Å². The number of hydrogen-bond donors (Lipinski definition) is 1. The molecule has 0 aliphatic carbocycles. The summed E-state index contributed by atoms with van der Waals surface area (Å²) in [5, 5.41) is 9.46. The van der Waals surface area contributed by atoms with E-state index < -0.39 is 0 Å². The molecule has 62 valence electrons. The zero-order chi connectivity index (χ0) is 8.15. The van der Waals surface area contributed by atoms with E-state index in [2.05, 4.69) is 36.7 Å². The summed E-state index contributed by atoms with van der Waals surface area (Å²) in [6.45, 7) is 6.25. The fourth-order valence-electron chi connectivity index (χ4n) is 0.837. The lowest BCUT2D eigenvalue weighted by Crippen LogP contribution is -2.19. The van der Waals surface area contributed by atoms with E-state index in [1.807, 2.05) is 0 Å². The number of hydrogen-bond acceptors (Lipinski definition) is 1. The fraction of sp³-hybridized carbons (Fsp3) is 1.00. The Bertz CT molecular complexity index is 83.3. The predicted octanol–water partition coefficient (Wildman–Crippen LogP) is 2.57. The van der Waals surface area contributed by atoms with E-state index in [0.717, 1.165) is 12.8 Å². The standard InChI is InChI=1S/C8H17BrO/c1-4-6(2)8(10)5-7(3)9/h6-8,10H,4-5H2,1-3H3. The molecular weight excluding hydrogens is 192 g/mol. The molecule has 3 atom stereocenters. The van der Waals surface area contributed by atoms with Crippen LogP contribution < -0.4 is 0 Å². The normalized spacial score (nSPS) is 20.1. The maximum atomic E-state index is 9.46. The first-order valence-corrected chi connectivity index (χ1v) is 4.81. The quantitative estimate of drug-likeness (QED) is 0.705. The van der Waals surface area contributed by atoms with Crippen molar-refractivity contribution in [2.75, 3.05) is 0 Å². The van der Waals surface area contributed by atoms with Crippen LogP contribution in [0.1, 0.15) is 33.6 Å². The fourth-order valence-corrected chi connectivity index (χ4v) is 1.22. The van der Waals surface area contributed by atoms with Crippen molar-refractivity contribution in [2.45, 2.75) is 44.5 Å². The van der Waals surface area contributed by atoms with Crippen molar-refractivity contribution >= 4 is 15.9 Å². The molecule has 0 aromatic rings. The highest BCUT2D eigenvalue weighted by Crippen LogP contribution is 2.15. The van der Waals surface area contributed by atoms with Crippen molar-refractivity contribution < 1.29 is 5.11 Å². The van der Waals surface area contributed by atoms with Crippen LogP contribution in [0.3, 0.4) is 0 Å². The minimum Gasteiger partial charge on any atom is -0.393 e. The van der Waals surface area contributed by atoms with Gasteiger partial charge in [-0.15, -0.1) is 0 Å². The van der Waals surface area contributed by atoms with Crippen LogP contribution in [-0.4, -0.2) is 16.0 Å². The molecule has 0 amide bonds. The summed E-state index contributed by atoms with van der Waals surface area (Å²) in [6.07, 6.45) is 1.77. The third kappa shape index (κ3) is 4.29. The molecule has 0 spiro atoms. The Morgan fingerprint density at radius 1 is 1.40 bits per heavy atom. The molecule has 0 rings (SSSR count). The largest absolute Gasteiger partial charge is 0.393 e. The third-order valence-electron chi connectivity index (χ3n) is 1.87. The Morgan fingerprint density at radius 3 is 2.20 bits per heavy atom. The van der Waals surface area contributed by atoms with Gasteiger partial charge in [0.15, 0.2) is 0 Å². The minimum atomic E-state index is -0.139. The molecule has 0 aliphatic rings. The van der Waals surface area contributed by atoms with E-state index in [-0.39, 0.29) is 6.10 Å². The maximum Gasteiger partial charge on any atom is 0.0576 e. The van der Waals surface area contributed by atoms with Crippen LogP contribution >= 0.6 is 15.9 Å². The second-order valence-corrected chi connectivity index (χ2v) is 4.53. The summed E-state index contributed by atoms with van der Waals surface area (Å²) < 4.78 is 0. The smallest absolute Gasteiger partial charge is 0.0576 e. The van der Waals surface area contributed by atoms with Crippen LogP contribution in [0.25, 0.3) is 0 Å². The van der Waals surface area contributed by atoms with Gasteiger partial charge < -0.3 is 5.11 Å². The van der Waals surface area contributed by atoms with Crippen LogP contribution in [0.15, 0.2) is 0 Å². The molecule has 3 unspecified atom stereocenters. The van der Waals surface area contributed by atoms with Crippen molar-refractivity contribution in [3.8, 4) is 0 Å². The minimum absolute atomic E-state index is 0.139. The summed E-state index contributed by atoms with van der Waals surface area (Å²) in [4.78, 5) is 0.427. The molecule has 0 aromatic heterocycles. The van der Waals surface area contributed by atoms with E-state index in [9.17, 15) is 5.11 Å². The highest BCUT2D eigenvalue weighted by Gasteiger charge is 2.13. The van der Waals surface area contributed by atoms with Gasteiger partial charge in [0.25, 0.3) is 0 Å². The highest BCUT2D eigenvalue weighted by molar-refractivity contribution is 9.09. The molecule has 0 saturated carbocycles. The van der Waals surface area contributed by atoms with Gasteiger partial charge in [-0.05, 0) is 12.3 Å². The van der Waals surface area contributed by atoms with Gasteiger partial charge in [0.1, 0.15) is 0 Å². The van der Waals surface area contributed by atoms with E-state index in [1.54, 1.807) is 0 Å². The van der Waals surface area contributed by atoms with Gasteiger partial charge in [0.2, 0.25) is 0 Å². The second kappa shape index (κ2) is 5.14. The van der Waals surface area contributed by atoms with Crippen molar-refractivity contribution in [2.24, 2.45) is 5.92 Å². The highest BCUT2D eigenvalue weighted by atomic mass is 79.9. The molecule has 0 heterocycles. The van der Waals surface area contributed by atoms with E-state index in [4.69, 9.17) is 0 Å². The third-order valence-corrected chi connectivity index (χ3v) is 2.24. The Hall–Kier alpha value is 0.440. The van der Waals surface area contributed by atoms with Gasteiger partial charge in [-0.1, -0.05) is 43.1 Å². The van der Waals surface area contributed by atoms with Crippen LogP contribution in [0.2, 0.25) is 0 Å². The van der Waals surface area contributed by atoms with Gasteiger partial charge in [-0.3, -0.25) is 0 Å². The van der Waals surface area contributed by atoms with Crippen molar-refractivity contribution in [3.63, 3.8) is 0 Å². The zero-order valence-electron chi connectivity index (χ0n) is 6.97. The average molecular weight is 209 g/mol. The summed E-state index contributed by atoms with van der Waals surface area (Å²) in [7, 11) is 0. The SMILES string of the molecule is CCC(C)C(O)CC(C)Br. The number of alkyl halides is 1. The molecular formula is C8H17BrO. The van der Waals surface area contributed by atoms with Crippen LogP contribution in [0.4, 0.5) is 0 Å². The lowest BCUT2D eigenvalue weighted by molar-refractivity contribution is 0.107. The molecule has 1 nitrogen and oxygen atoms in total. The molecule has 10 heavy (non-hydrogen) atoms. The molecule has 0 fully saturated rings. The first-order valence-electron chi connectivity index (χ1n) is 3.90. The van der Waals surface area contributed by atoms with Crippen molar-refractivity contribution in [1.29, 1.82) is 0 Å². The number of halogens is 1. The van der Waals surface area contributed by atoms with Gasteiger partial charge in [0.05, 0.1) is 6.10 Å². The Morgan fingerprint density at radius 2 is 1.90 bits per heavy atom. The lowest BCUT2D eigenvalue weighted by atomic mass is 9.98. The Kier molecular flexibility index (Phi) is 5.36. The van der Waals surface area contributed by atoms with Gasteiger partial charge >= 0.3 is 0 Å². The zero-order valence-corrected chi connectivity index (χ0v) is 8.56. The molecule has 0 saturated heterocycles. The summed E-state index contributed by atoms with van der Waals surface area (Å²) in [6, 6.07) is 0. The molecule has 1 N–H and O–H groups in total. The first kappa shape index (κ1) is 10.4. The Balaban J connectivity index is 3.50.